The number of ether oxygens (including phenoxy) is 2. The molecular weight excluding hydrogens is 427 g/mol. The van der Waals surface area contributed by atoms with E-state index in [9.17, 15) is 19.1 Å². The van der Waals surface area contributed by atoms with Crippen molar-refractivity contribution in [3.05, 3.63) is 65.0 Å². The van der Waals surface area contributed by atoms with Crippen LogP contribution in [0, 0.1) is 5.82 Å². The fourth-order valence-electron chi connectivity index (χ4n) is 4.04. The van der Waals surface area contributed by atoms with Gasteiger partial charge in [-0.1, -0.05) is 13.8 Å². The monoisotopic (exact) mass is 456 g/mol. The molecule has 0 saturated carbocycles. The van der Waals surface area contributed by atoms with Crippen molar-refractivity contribution in [1.29, 1.82) is 0 Å². The van der Waals surface area contributed by atoms with Gasteiger partial charge in [0.1, 0.15) is 23.1 Å². The van der Waals surface area contributed by atoms with Crippen molar-refractivity contribution in [3.63, 3.8) is 0 Å². The summed E-state index contributed by atoms with van der Waals surface area (Å²) in [5, 5.41) is 11.1. The molecule has 1 saturated heterocycles. The molecule has 2 aromatic carbocycles. The van der Waals surface area contributed by atoms with Gasteiger partial charge in [0.25, 0.3) is 11.7 Å². The van der Waals surface area contributed by atoms with E-state index < -0.39 is 23.5 Å². The molecule has 3 rings (SSSR count). The summed E-state index contributed by atoms with van der Waals surface area (Å²) in [7, 11) is 3.01. The largest absolute Gasteiger partial charge is 0.507 e. The Morgan fingerprint density at radius 1 is 1.06 bits per heavy atom. The second-order valence-electron chi connectivity index (χ2n) is 7.63. The number of aliphatic hydroxyl groups excluding tert-OH is 1. The lowest BCUT2D eigenvalue weighted by Gasteiger charge is -2.29. The molecule has 0 unspecified atom stereocenters. The number of nitrogens with zero attached hydrogens (tertiary/aromatic N) is 2. The fraction of sp³-hybridized carbons (Fsp3) is 0.360. The second kappa shape index (κ2) is 10.5. The van der Waals surface area contributed by atoms with Crippen LogP contribution in [-0.4, -0.2) is 67.0 Å². The predicted octanol–water partition coefficient (Wildman–Crippen LogP) is 3.61. The topological polar surface area (TPSA) is 79.3 Å². The highest BCUT2D eigenvalue weighted by molar-refractivity contribution is 6.46. The van der Waals surface area contributed by atoms with E-state index in [0.29, 0.717) is 23.6 Å². The Morgan fingerprint density at radius 2 is 1.73 bits per heavy atom. The summed E-state index contributed by atoms with van der Waals surface area (Å²) in [5.74, 6) is -1.39. The van der Waals surface area contributed by atoms with E-state index in [4.69, 9.17) is 9.47 Å². The molecule has 1 aliphatic rings. The molecule has 1 atom stereocenters. The lowest BCUT2D eigenvalue weighted by molar-refractivity contribution is -0.140. The number of carbonyl (C=O) groups is 2. The zero-order valence-electron chi connectivity index (χ0n) is 19.3. The van der Waals surface area contributed by atoms with E-state index in [1.165, 1.54) is 43.4 Å². The van der Waals surface area contributed by atoms with Gasteiger partial charge in [0, 0.05) is 24.2 Å². The van der Waals surface area contributed by atoms with E-state index in [0.717, 1.165) is 13.1 Å². The van der Waals surface area contributed by atoms with Crippen LogP contribution in [0.5, 0.6) is 11.5 Å². The van der Waals surface area contributed by atoms with Gasteiger partial charge in [-0.15, -0.1) is 0 Å². The van der Waals surface area contributed by atoms with Gasteiger partial charge in [0.05, 0.1) is 25.8 Å². The summed E-state index contributed by atoms with van der Waals surface area (Å²) in [6.07, 6.45) is 0. The number of Topliss-reactive ketones (excluding diaryl/α,β-unsaturated/α-hetero) is 1. The Balaban J connectivity index is 2.19. The average molecular weight is 457 g/mol. The van der Waals surface area contributed by atoms with Crippen LogP contribution in [0.25, 0.3) is 5.76 Å². The van der Waals surface area contributed by atoms with Gasteiger partial charge in [0.15, 0.2) is 0 Å². The van der Waals surface area contributed by atoms with Crippen molar-refractivity contribution in [2.24, 2.45) is 0 Å². The zero-order valence-corrected chi connectivity index (χ0v) is 19.3. The molecule has 1 fully saturated rings. The summed E-state index contributed by atoms with van der Waals surface area (Å²) in [4.78, 5) is 29.9. The highest BCUT2D eigenvalue weighted by atomic mass is 19.1. The molecule has 8 heteroatoms. The van der Waals surface area contributed by atoms with Crippen LogP contribution in [-0.2, 0) is 9.59 Å². The molecule has 7 nitrogen and oxygen atoms in total. The highest BCUT2D eigenvalue weighted by Gasteiger charge is 2.47. The van der Waals surface area contributed by atoms with Crippen LogP contribution in [0.4, 0.5) is 4.39 Å². The number of rotatable bonds is 9. The Bertz CT molecular complexity index is 1050. The summed E-state index contributed by atoms with van der Waals surface area (Å²) < 4.78 is 24.3. The van der Waals surface area contributed by atoms with E-state index in [-0.39, 0.29) is 23.4 Å². The van der Waals surface area contributed by atoms with E-state index in [1.807, 2.05) is 13.8 Å². The number of methoxy groups -OCH3 is 2. The van der Waals surface area contributed by atoms with Crippen molar-refractivity contribution in [3.8, 4) is 11.5 Å². The molecule has 1 N–H and O–H groups in total. The van der Waals surface area contributed by atoms with Crippen molar-refractivity contribution in [2.45, 2.75) is 19.9 Å². The third-order valence-corrected chi connectivity index (χ3v) is 5.94. The molecule has 1 amide bonds. The first kappa shape index (κ1) is 24.3. The number of carbonyl (C=O) groups excluding carboxylic acids is 2. The molecule has 176 valence electrons. The van der Waals surface area contributed by atoms with Gasteiger partial charge >= 0.3 is 0 Å². The number of amides is 1. The summed E-state index contributed by atoms with van der Waals surface area (Å²) in [5.41, 5.74) is 0.682. The highest BCUT2D eigenvalue weighted by Crippen LogP contribution is 2.43. The van der Waals surface area contributed by atoms with Gasteiger partial charge in [0.2, 0.25) is 0 Å². The molecule has 0 radical (unpaired) electrons. The number of likely N-dealkylation sites (N-methyl/N-ethyl adjacent to an activating group) is 1. The Labute approximate surface area is 193 Å². The standard InChI is InChI=1S/C25H29FN2O5/c1-5-27(6-2)13-14-28-22(19-15-18(32-3)11-12-20(19)33-4)21(24(30)25(28)31)23(29)16-7-9-17(26)10-8-16/h7-12,15,22,29H,5-6,13-14H2,1-4H3/t22-/m1/s1. The second-order valence-corrected chi connectivity index (χ2v) is 7.63. The molecule has 0 aliphatic carbocycles. The van der Waals surface area contributed by atoms with Crippen molar-refractivity contribution in [2.75, 3.05) is 40.4 Å². The summed E-state index contributed by atoms with van der Waals surface area (Å²) in [6, 6.07) is 9.32. The van der Waals surface area contributed by atoms with Crippen LogP contribution < -0.4 is 9.47 Å². The Hall–Kier alpha value is -3.39. The quantitative estimate of drug-likeness (QED) is 0.353. The molecular formula is C25H29FN2O5. The lowest BCUT2D eigenvalue weighted by Crippen LogP contribution is -2.38. The normalized spacial score (nSPS) is 17.6. The van der Waals surface area contributed by atoms with Crippen LogP contribution in [0.15, 0.2) is 48.0 Å². The van der Waals surface area contributed by atoms with Gasteiger partial charge in [-0.25, -0.2) is 4.39 Å². The first-order valence-electron chi connectivity index (χ1n) is 10.8. The van der Waals surface area contributed by atoms with E-state index in [2.05, 4.69) is 4.90 Å². The molecule has 33 heavy (non-hydrogen) atoms. The van der Waals surface area contributed by atoms with Crippen LogP contribution >= 0.6 is 0 Å². The summed E-state index contributed by atoms with van der Waals surface area (Å²) in [6.45, 7) is 6.46. The minimum atomic E-state index is -0.893. The Kier molecular flexibility index (Phi) is 7.71. The third-order valence-electron chi connectivity index (χ3n) is 5.94. The molecule has 0 aromatic heterocycles. The van der Waals surface area contributed by atoms with Gasteiger partial charge in [-0.3, -0.25) is 9.59 Å². The maximum absolute atomic E-state index is 13.4. The number of halogens is 1. The van der Waals surface area contributed by atoms with Gasteiger partial charge < -0.3 is 24.4 Å². The van der Waals surface area contributed by atoms with Crippen molar-refractivity contribution < 1.29 is 28.6 Å². The number of ketones is 1. The number of hydrogen-bond donors (Lipinski definition) is 1. The third kappa shape index (κ3) is 4.85. The van der Waals surface area contributed by atoms with Crippen LogP contribution in [0.3, 0.4) is 0 Å². The molecule has 2 aromatic rings. The first-order valence-corrected chi connectivity index (χ1v) is 10.8. The minimum Gasteiger partial charge on any atom is -0.507 e. The zero-order chi connectivity index (χ0) is 24.1. The van der Waals surface area contributed by atoms with Crippen LogP contribution in [0.2, 0.25) is 0 Å². The number of benzene rings is 2. The minimum absolute atomic E-state index is 0.0716. The fourth-order valence-corrected chi connectivity index (χ4v) is 4.04. The maximum atomic E-state index is 13.4. The summed E-state index contributed by atoms with van der Waals surface area (Å²) >= 11 is 0. The Morgan fingerprint density at radius 3 is 2.30 bits per heavy atom. The molecule has 1 aliphatic heterocycles. The van der Waals surface area contributed by atoms with E-state index >= 15 is 0 Å². The van der Waals surface area contributed by atoms with E-state index in [1.54, 1.807) is 18.2 Å². The molecule has 0 spiro atoms. The van der Waals surface area contributed by atoms with Crippen molar-refractivity contribution in [1.82, 2.24) is 9.80 Å². The predicted molar refractivity (Wildman–Crippen MR) is 123 cm³/mol. The first-order chi connectivity index (χ1) is 15.9. The maximum Gasteiger partial charge on any atom is 0.295 e. The van der Waals surface area contributed by atoms with Gasteiger partial charge in [-0.05, 0) is 55.6 Å². The molecule has 1 heterocycles. The number of hydrogen-bond acceptors (Lipinski definition) is 6. The molecule has 0 bridgehead atoms. The average Bonchev–Trinajstić information content (AvgIpc) is 3.09. The van der Waals surface area contributed by atoms with Crippen molar-refractivity contribution >= 4 is 17.4 Å². The number of likely N-dealkylation sites (tertiary alicyclic amines) is 1. The smallest absolute Gasteiger partial charge is 0.295 e. The lowest BCUT2D eigenvalue weighted by atomic mass is 9.94. The van der Waals surface area contributed by atoms with Gasteiger partial charge in [-0.2, -0.15) is 0 Å². The SMILES string of the molecule is CCN(CC)CCN1C(=O)C(=O)C(=C(O)c2ccc(F)cc2)[C@H]1c1cc(OC)ccc1OC. The number of aliphatic hydroxyl groups is 1. The van der Waals surface area contributed by atoms with Crippen LogP contribution in [0.1, 0.15) is 31.0 Å².